The third-order valence-corrected chi connectivity index (χ3v) is 2.58. The Labute approximate surface area is 89.5 Å². The summed E-state index contributed by atoms with van der Waals surface area (Å²) in [4.78, 5) is 2.40. The van der Waals surface area contributed by atoms with Crippen molar-refractivity contribution in [3.8, 4) is 0 Å². The average molecular weight is 195 g/mol. The Hall–Kier alpha value is -0.560. The Morgan fingerprint density at radius 2 is 2.07 bits per heavy atom. The second kappa shape index (κ2) is 6.02. The minimum atomic E-state index is 0. The first kappa shape index (κ1) is 13.4. The molecule has 0 spiro atoms. The smallest absolute Gasteiger partial charge is 0.0230 e. The molecule has 1 nitrogen and oxygen atoms in total. The predicted molar refractivity (Wildman–Crippen MR) is 65.6 cm³/mol. The van der Waals surface area contributed by atoms with E-state index < -0.39 is 0 Å². The van der Waals surface area contributed by atoms with Crippen LogP contribution in [-0.4, -0.2) is 25.0 Å². The molecule has 1 aliphatic heterocycles. The van der Waals surface area contributed by atoms with Gasteiger partial charge in [-0.15, -0.1) is 0 Å². The lowest BCUT2D eigenvalue weighted by atomic mass is 9.97. The molecule has 82 valence electrons. The Morgan fingerprint density at radius 3 is 2.57 bits per heavy atom. The van der Waals surface area contributed by atoms with Gasteiger partial charge in [0.1, 0.15) is 0 Å². The Bertz CT molecular complexity index is 232. The lowest BCUT2D eigenvalue weighted by Crippen LogP contribution is -2.27. The van der Waals surface area contributed by atoms with Crippen molar-refractivity contribution in [2.75, 3.05) is 20.1 Å². The van der Waals surface area contributed by atoms with Gasteiger partial charge in [-0.3, -0.25) is 0 Å². The lowest BCUT2D eigenvalue weighted by Gasteiger charge is -2.26. The van der Waals surface area contributed by atoms with Gasteiger partial charge in [-0.05, 0) is 39.3 Å². The Morgan fingerprint density at radius 1 is 1.43 bits per heavy atom. The van der Waals surface area contributed by atoms with E-state index in [0.717, 1.165) is 6.54 Å². The molecular weight excluding hydrogens is 170 g/mol. The van der Waals surface area contributed by atoms with Crippen molar-refractivity contribution < 1.29 is 0 Å². The van der Waals surface area contributed by atoms with Crippen molar-refractivity contribution >= 4 is 0 Å². The van der Waals surface area contributed by atoms with Crippen LogP contribution in [0.3, 0.4) is 0 Å². The van der Waals surface area contributed by atoms with E-state index in [4.69, 9.17) is 0 Å². The largest absolute Gasteiger partial charge is 0.302 e. The quantitative estimate of drug-likeness (QED) is 0.650. The number of hydrogen-bond acceptors (Lipinski definition) is 1. The number of allylic oxidation sites excluding steroid dienone is 1. The fourth-order valence-corrected chi connectivity index (χ4v) is 1.87. The summed E-state index contributed by atoms with van der Waals surface area (Å²) in [6.07, 6.45) is 4.81. The molecule has 0 aromatic rings. The van der Waals surface area contributed by atoms with E-state index in [-0.39, 0.29) is 7.43 Å². The van der Waals surface area contributed by atoms with Crippen molar-refractivity contribution in [2.45, 2.75) is 41.0 Å². The third kappa shape index (κ3) is 3.67. The van der Waals surface area contributed by atoms with Gasteiger partial charge in [0.25, 0.3) is 0 Å². The second-order valence-electron chi connectivity index (χ2n) is 4.19. The fraction of sp³-hybridized carbons (Fsp3) is 0.692. The molecule has 0 aromatic carbocycles. The van der Waals surface area contributed by atoms with E-state index >= 15 is 0 Å². The van der Waals surface area contributed by atoms with Crippen molar-refractivity contribution in [1.29, 1.82) is 0 Å². The minimum absolute atomic E-state index is 0. The first-order valence-electron chi connectivity index (χ1n) is 5.17. The molecule has 1 heterocycles. The molecule has 1 aliphatic rings. The molecule has 14 heavy (non-hydrogen) atoms. The summed E-state index contributed by atoms with van der Waals surface area (Å²) in [5.41, 5.74) is 4.62. The minimum Gasteiger partial charge on any atom is -0.302 e. The summed E-state index contributed by atoms with van der Waals surface area (Å²) in [7, 11) is 2.20. The first-order chi connectivity index (χ1) is 6.13. The molecule has 1 heteroatoms. The monoisotopic (exact) mass is 195 g/mol. The van der Waals surface area contributed by atoms with E-state index in [0.29, 0.717) is 0 Å². The topological polar surface area (TPSA) is 3.24 Å². The highest BCUT2D eigenvalue weighted by molar-refractivity contribution is 5.31. The molecule has 0 amide bonds. The van der Waals surface area contributed by atoms with E-state index in [2.05, 4.69) is 38.8 Å². The van der Waals surface area contributed by atoms with Crippen LogP contribution in [0.1, 0.15) is 41.0 Å². The number of nitrogens with zero attached hydrogens (tertiary/aromatic N) is 1. The van der Waals surface area contributed by atoms with Crippen LogP contribution in [0.25, 0.3) is 0 Å². The van der Waals surface area contributed by atoms with Gasteiger partial charge in [0.2, 0.25) is 0 Å². The van der Waals surface area contributed by atoms with Crippen molar-refractivity contribution in [2.24, 2.45) is 0 Å². The van der Waals surface area contributed by atoms with E-state index in [1.165, 1.54) is 25.0 Å². The third-order valence-electron chi connectivity index (χ3n) is 2.58. The maximum atomic E-state index is 2.40. The fourth-order valence-electron chi connectivity index (χ4n) is 1.87. The SMILES string of the molecule is C.CCC1=C(C=C(C)C)CN(C)CC1. The standard InChI is InChI=1S/C12H21N.CH4/c1-5-11-6-7-13(4)9-12(11)8-10(2)3;/h8H,5-7,9H2,1-4H3;1H4. The number of rotatable bonds is 2. The van der Waals surface area contributed by atoms with Crippen LogP contribution in [0.5, 0.6) is 0 Å². The highest BCUT2D eigenvalue weighted by atomic mass is 15.1. The van der Waals surface area contributed by atoms with Gasteiger partial charge in [0.05, 0.1) is 0 Å². The van der Waals surface area contributed by atoms with Crippen molar-refractivity contribution in [3.63, 3.8) is 0 Å². The maximum absolute atomic E-state index is 2.40. The summed E-state index contributed by atoms with van der Waals surface area (Å²) in [6.45, 7) is 8.97. The maximum Gasteiger partial charge on any atom is 0.0230 e. The second-order valence-corrected chi connectivity index (χ2v) is 4.19. The highest BCUT2D eigenvalue weighted by Crippen LogP contribution is 2.21. The summed E-state index contributed by atoms with van der Waals surface area (Å²) in [5, 5.41) is 0. The molecule has 0 fully saturated rings. The molecule has 0 radical (unpaired) electrons. The number of hydrogen-bond donors (Lipinski definition) is 0. The van der Waals surface area contributed by atoms with Crippen molar-refractivity contribution in [1.82, 2.24) is 4.90 Å². The van der Waals surface area contributed by atoms with Crippen LogP contribution < -0.4 is 0 Å². The van der Waals surface area contributed by atoms with Crippen LogP contribution in [0.4, 0.5) is 0 Å². The Balaban J connectivity index is 0.00000169. The zero-order valence-electron chi connectivity index (χ0n) is 9.35. The van der Waals surface area contributed by atoms with Crippen LogP contribution >= 0.6 is 0 Å². The summed E-state index contributed by atoms with van der Waals surface area (Å²) in [5.74, 6) is 0. The van der Waals surface area contributed by atoms with Crippen LogP contribution in [0.2, 0.25) is 0 Å². The zero-order valence-corrected chi connectivity index (χ0v) is 9.35. The van der Waals surface area contributed by atoms with Crippen molar-refractivity contribution in [3.05, 3.63) is 22.8 Å². The predicted octanol–water partition coefficient (Wildman–Crippen LogP) is 3.63. The summed E-state index contributed by atoms with van der Waals surface area (Å²) < 4.78 is 0. The molecule has 0 unspecified atom stereocenters. The molecular formula is C13H25N. The lowest BCUT2D eigenvalue weighted by molar-refractivity contribution is 0.349. The van der Waals surface area contributed by atoms with Gasteiger partial charge in [-0.25, -0.2) is 0 Å². The molecule has 0 atom stereocenters. The van der Waals surface area contributed by atoms with Gasteiger partial charge in [-0.2, -0.15) is 0 Å². The molecule has 1 rings (SSSR count). The Kier molecular flexibility index (Phi) is 5.78. The van der Waals surface area contributed by atoms with E-state index in [9.17, 15) is 0 Å². The summed E-state index contributed by atoms with van der Waals surface area (Å²) in [6, 6.07) is 0. The van der Waals surface area contributed by atoms with E-state index in [1.54, 1.807) is 11.1 Å². The first-order valence-corrected chi connectivity index (χ1v) is 5.17. The van der Waals surface area contributed by atoms with Gasteiger partial charge in [0, 0.05) is 13.1 Å². The number of likely N-dealkylation sites (N-methyl/N-ethyl adjacent to an activating group) is 1. The van der Waals surface area contributed by atoms with Gasteiger partial charge in [0.15, 0.2) is 0 Å². The van der Waals surface area contributed by atoms with Crippen LogP contribution in [0, 0.1) is 0 Å². The normalized spacial score (nSPS) is 17.7. The molecule has 0 bridgehead atoms. The molecule has 0 aliphatic carbocycles. The molecule has 0 saturated heterocycles. The molecule has 0 aromatic heterocycles. The highest BCUT2D eigenvalue weighted by Gasteiger charge is 2.12. The summed E-state index contributed by atoms with van der Waals surface area (Å²) >= 11 is 0. The van der Waals surface area contributed by atoms with Gasteiger partial charge < -0.3 is 4.90 Å². The van der Waals surface area contributed by atoms with Crippen LogP contribution in [0.15, 0.2) is 22.8 Å². The van der Waals surface area contributed by atoms with Gasteiger partial charge >= 0.3 is 0 Å². The van der Waals surface area contributed by atoms with E-state index in [1.807, 2.05) is 0 Å². The van der Waals surface area contributed by atoms with Gasteiger partial charge in [-0.1, -0.05) is 31.6 Å². The van der Waals surface area contributed by atoms with Crippen LogP contribution in [-0.2, 0) is 0 Å². The zero-order chi connectivity index (χ0) is 9.84. The molecule has 0 saturated carbocycles. The average Bonchev–Trinajstić information content (AvgIpc) is 2.03. The molecule has 0 N–H and O–H groups in total.